The third kappa shape index (κ3) is 3.72. The van der Waals surface area contributed by atoms with Crippen LogP contribution in [0.1, 0.15) is 34.3 Å². The summed E-state index contributed by atoms with van der Waals surface area (Å²) in [5, 5.41) is 9.08. The van der Waals surface area contributed by atoms with E-state index in [0.29, 0.717) is 40.4 Å². The lowest BCUT2D eigenvalue weighted by molar-refractivity contribution is -0.142. The largest absolute Gasteiger partial charge is 0.469 e. The highest BCUT2D eigenvalue weighted by Gasteiger charge is 2.41. The second-order valence-corrected chi connectivity index (χ2v) is 9.84. The molecule has 0 unspecified atom stereocenters. The second kappa shape index (κ2) is 8.87. The Morgan fingerprint density at radius 2 is 1.75 bits per heavy atom. The van der Waals surface area contributed by atoms with Gasteiger partial charge >= 0.3 is 6.18 Å². The molecule has 9 heteroatoms. The number of aromatic nitrogens is 3. The zero-order valence-corrected chi connectivity index (χ0v) is 21.4. The van der Waals surface area contributed by atoms with Crippen molar-refractivity contribution >= 4 is 33.4 Å². The molecular weight excluding hydrogens is 517 g/mol. The number of benzene rings is 3. The Hall–Kier alpha value is -4.79. The Morgan fingerprint density at radius 1 is 0.975 bits per heavy atom. The zero-order chi connectivity index (χ0) is 27.6. The molecule has 6 aromatic rings. The summed E-state index contributed by atoms with van der Waals surface area (Å²) in [4.78, 5) is 13.1. The maximum absolute atomic E-state index is 13.8. The predicted molar refractivity (Wildman–Crippen MR) is 147 cm³/mol. The van der Waals surface area contributed by atoms with Gasteiger partial charge in [-0.1, -0.05) is 18.2 Å². The molecule has 0 saturated carbocycles. The van der Waals surface area contributed by atoms with Crippen LogP contribution in [0.4, 0.5) is 18.9 Å². The third-order valence-corrected chi connectivity index (χ3v) is 7.58. The predicted octanol–water partition coefficient (Wildman–Crippen LogP) is 7.63. The van der Waals surface area contributed by atoms with Crippen LogP contribution in [0, 0.1) is 0 Å². The van der Waals surface area contributed by atoms with Gasteiger partial charge in [0, 0.05) is 57.1 Å². The maximum Gasteiger partial charge on any atom is 0.435 e. The first-order valence-electron chi connectivity index (χ1n) is 13.0. The van der Waals surface area contributed by atoms with Crippen LogP contribution in [0.15, 0.2) is 83.5 Å². The molecule has 0 atom stereocenters. The van der Waals surface area contributed by atoms with Crippen molar-refractivity contribution < 1.29 is 22.4 Å². The smallest absolute Gasteiger partial charge is 0.435 e. The second-order valence-electron chi connectivity index (χ2n) is 9.84. The molecule has 3 heterocycles. The normalized spacial score (nSPS) is 13.0. The first-order chi connectivity index (χ1) is 19.3. The number of nitrogens with one attached hydrogen (secondary N) is 1. The summed E-state index contributed by atoms with van der Waals surface area (Å²) in [6.07, 6.45) is -2.53. The van der Waals surface area contributed by atoms with Crippen molar-refractivity contribution in [2.24, 2.45) is 0 Å². The highest BCUT2D eigenvalue weighted by molar-refractivity contribution is 6.11. The molecular formula is C31H23F3N4O2. The number of amides is 1. The summed E-state index contributed by atoms with van der Waals surface area (Å²) in [6.45, 7) is 2.93. The number of hydrogen-bond acceptors (Lipinski definition) is 3. The molecule has 0 spiro atoms. The van der Waals surface area contributed by atoms with E-state index in [1.54, 1.807) is 30.3 Å². The lowest BCUT2D eigenvalue weighted by Crippen LogP contribution is -2.12. The third-order valence-electron chi connectivity index (χ3n) is 7.58. The van der Waals surface area contributed by atoms with Crippen molar-refractivity contribution in [2.45, 2.75) is 32.5 Å². The van der Waals surface area contributed by atoms with Gasteiger partial charge in [0.1, 0.15) is 5.76 Å². The molecule has 7 rings (SSSR count). The number of carbonyl (C=O) groups excluding carboxylic acids is 1. The monoisotopic (exact) mass is 540 g/mol. The van der Waals surface area contributed by atoms with Crippen molar-refractivity contribution in [2.75, 3.05) is 5.32 Å². The number of fused-ring (bicyclic) bond motifs is 6. The van der Waals surface area contributed by atoms with Crippen molar-refractivity contribution in [1.82, 2.24) is 14.3 Å². The molecule has 1 aliphatic carbocycles. The van der Waals surface area contributed by atoms with Crippen LogP contribution in [0.3, 0.4) is 0 Å². The van der Waals surface area contributed by atoms with E-state index in [0.717, 1.165) is 28.4 Å². The number of aryl methyl sites for hydroxylation is 2. The number of anilines is 1. The number of alkyl halides is 3. The summed E-state index contributed by atoms with van der Waals surface area (Å²) < 4.78 is 50.5. The van der Waals surface area contributed by atoms with Crippen molar-refractivity contribution in [3.05, 3.63) is 102 Å². The number of rotatable bonds is 4. The lowest BCUT2D eigenvalue weighted by Gasteiger charge is -2.15. The molecule has 200 valence electrons. The van der Waals surface area contributed by atoms with Crippen LogP contribution in [0.5, 0.6) is 0 Å². The van der Waals surface area contributed by atoms with Gasteiger partial charge in [0.25, 0.3) is 5.91 Å². The van der Waals surface area contributed by atoms with Gasteiger partial charge in [-0.2, -0.15) is 18.3 Å². The van der Waals surface area contributed by atoms with Crippen LogP contribution < -0.4 is 5.32 Å². The number of hydrogen-bond donors (Lipinski definition) is 1. The van der Waals surface area contributed by atoms with E-state index >= 15 is 0 Å². The molecule has 3 aromatic heterocycles. The number of para-hydroxylation sites is 1. The van der Waals surface area contributed by atoms with Gasteiger partial charge in [-0.05, 0) is 67.9 Å². The van der Waals surface area contributed by atoms with Gasteiger partial charge in [0.15, 0.2) is 5.69 Å². The quantitative estimate of drug-likeness (QED) is 0.250. The van der Waals surface area contributed by atoms with E-state index in [4.69, 9.17) is 4.42 Å². The SMILES string of the molecule is CCn1c2ccccc2c2cc(NC(=O)c3ccc(-n4nc(C(F)(F)F)c5c4-c4ccoc4CC5)cc3)ccc21. The minimum Gasteiger partial charge on any atom is -0.469 e. The molecule has 0 bridgehead atoms. The fourth-order valence-corrected chi connectivity index (χ4v) is 5.79. The van der Waals surface area contributed by atoms with E-state index in [1.165, 1.54) is 10.9 Å². The standard InChI is InChI=1S/C31H23F3N4O2/c1-2-37-25-6-4-3-5-21(25)24-17-19(9-13-26(24)37)35-30(39)18-7-10-20(11-8-18)38-28-22-15-16-40-27(22)14-12-23(28)29(36-38)31(32,33)34/h3-11,13,15-17H,2,12,14H2,1H3,(H,35,39). The van der Waals surface area contributed by atoms with E-state index in [2.05, 4.69) is 34.0 Å². The average molecular weight is 541 g/mol. The lowest BCUT2D eigenvalue weighted by atomic mass is 9.94. The van der Waals surface area contributed by atoms with Crippen molar-refractivity contribution in [1.29, 1.82) is 0 Å². The number of furan rings is 1. The van der Waals surface area contributed by atoms with Crippen LogP contribution in [-0.2, 0) is 25.6 Å². The summed E-state index contributed by atoms with van der Waals surface area (Å²) in [6, 6.07) is 22.1. The molecule has 3 aromatic carbocycles. The summed E-state index contributed by atoms with van der Waals surface area (Å²) in [7, 11) is 0. The number of carbonyl (C=O) groups is 1. The minimum atomic E-state index is -4.58. The van der Waals surface area contributed by atoms with Gasteiger partial charge in [0.2, 0.25) is 0 Å². The minimum absolute atomic E-state index is 0.156. The van der Waals surface area contributed by atoms with Gasteiger partial charge < -0.3 is 14.3 Å². The van der Waals surface area contributed by atoms with Crippen LogP contribution in [0.2, 0.25) is 0 Å². The number of halogens is 3. The maximum atomic E-state index is 13.8. The van der Waals surface area contributed by atoms with Gasteiger partial charge in [-0.15, -0.1) is 0 Å². The van der Waals surface area contributed by atoms with Crippen LogP contribution in [-0.4, -0.2) is 20.3 Å². The molecule has 0 aliphatic heterocycles. The van der Waals surface area contributed by atoms with E-state index < -0.39 is 11.9 Å². The molecule has 1 N–H and O–H groups in total. The molecule has 6 nitrogen and oxygen atoms in total. The Kier molecular flexibility index (Phi) is 5.38. The Morgan fingerprint density at radius 3 is 2.52 bits per heavy atom. The van der Waals surface area contributed by atoms with Crippen LogP contribution >= 0.6 is 0 Å². The Labute approximate surface area is 226 Å². The fraction of sp³-hybridized carbons (Fsp3) is 0.161. The first kappa shape index (κ1) is 24.3. The summed E-state index contributed by atoms with van der Waals surface area (Å²) >= 11 is 0. The fourth-order valence-electron chi connectivity index (χ4n) is 5.79. The van der Waals surface area contributed by atoms with E-state index in [1.807, 2.05) is 30.3 Å². The topological polar surface area (TPSA) is 65.0 Å². The first-order valence-corrected chi connectivity index (χ1v) is 13.0. The Balaban J connectivity index is 1.21. The summed E-state index contributed by atoms with van der Waals surface area (Å²) in [5.41, 5.74) is 3.92. The highest BCUT2D eigenvalue weighted by Crippen LogP contribution is 2.42. The van der Waals surface area contributed by atoms with Gasteiger partial charge in [-0.25, -0.2) is 4.68 Å². The summed E-state index contributed by atoms with van der Waals surface area (Å²) in [5.74, 6) is 0.318. The highest BCUT2D eigenvalue weighted by atomic mass is 19.4. The van der Waals surface area contributed by atoms with Gasteiger partial charge in [-0.3, -0.25) is 4.79 Å². The van der Waals surface area contributed by atoms with E-state index in [-0.39, 0.29) is 17.9 Å². The van der Waals surface area contributed by atoms with Crippen molar-refractivity contribution in [3.63, 3.8) is 0 Å². The van der Waals surface area contributed by atoms with Crippen LogP contribution in [0.25, 0.3) is 38.8 Å². The average Bonchev–Trinajstić information content (AvgIpc) is 3.66. The van der Waals surface area contributed by atoms with Gasteiger partial charge in [0.05, 0.1) is 17.6 Å². The molecule has 1 aliphatic rings. The van der Waals surface area contributed by atoms with E-state index in [9.17, 15) is 18.0 Å². The molecule has 40 heavy (non-hydrogen) atoms. The van der Waals surface area contributed by atoms with Crippen molar-refractivity contribution in [3.8, 4) is 16.9 Å². The molecule has 0 radical (unpaired) electrons. The molecule has 0 saturated heterocycles. The number of nitrogens with zero attached hydrogens (tertiary/aromatic N) is 3. The molecule has 1 amide bonds. The molecule has 0 fully saturated rings. The zero-order valence-electron chi connectivity index (χ0n) is 21.4. The Bertz CT molecular complexity index is 1930.